The van der Waals surface area contributed by atoms with Gasteiger partial charge in [0.25, 0.3) is 5.91 Å². The molecular formula is C13H23N3OS. The Balaban J connectivity index is 2.61. The third kappa shape index (κ3) is 3.99. The van der Waals surface area contributed by atoms with Gasteiger partial charge in [-0.2, -0.15) is 0 Å². The van der Waals surface area contributed by atoms with Crippen LogP contribution in [0.3, 0.4) is 0 Å². The smallest absolute Gasteiger partial charge is 0.263 e. The van der Waals surface area contributed by atoms with E-state index in [4.69, 9.17) is 5.73 Å². The average molecular weight is 269 g/mol. The third-order valence-electron chi connectivity index (χ3n) is 2.87. The van der Waals surface area contributed by atoms with E-state index in [-0.39, 0.29) is 5.91 Å². The Hall–Kier alpha value is -1.07. The number of hydrogen-bond donors (Lipinski definition) is 1. The van der Waals surface area contributed by atoms with Crippen LogP contribution in [-0.2, 0) is 0 Å². The first-order valence-corrected chi connectivity index (χ1v) is 7.07. The van der Waals surface area contributed by atoms with Gasteiger partial charge in [0, 0.05) is 23.7 Å². The van der Waals surface area contributed by atoms with Crippen molar-refractivity contribution in [2.75, 3.05) is 39.5 Å². The second-order valence-corrected chi connectivity index (χ2v) is 5.92. The summed E-state index contributed by atoms with van der Waals surface area (Å²) < 4.78 is 0. The van der Waals surface area contributed by atoms with Crippen molar-refractivity contribution in [2.45, 2.75) is 20.3 Å². The van der Waals surface area contributed by atoms with Crippen LogP contribution in [0.2, 0.25) is 0 Å². The lowest BCUT2D eigenvalue weighted by atomic mass is 10.3. The van der Waals surface area contributed by atoms with Crippen LogP contribution in [0.25, 0.3) is 0 Å². The van der Waals surface area contributed by atoms with Crippen molar-refractivity contribution in [1.82, 2.24) is 9.80 Å². The number of nitrogen functional groups attached to an aromatic ring is 1. The van der Waals surface area contributed by atoms with Gasteiger partial charge in [0.05, 0.1) is 4.88 Å². The average Bonchev–Trinajstić information content (AvgIpc) is 2.64. The summed E-state index contributed by atoms with van der Waals surface area (Å²) in [5.41, 5.74) is 6.51. The lowest BCUT2D eigenvalue weighted by Gasteiger charge is -2.21. The SMILES string of the molecule is CCN(CCCN(C)C)C(=O)c1cc(N)c(C)s1. The molecule has 0 atom stereocenters. The molecule has 0 saturated carbocycles. The molecular weight excluding hydrogens is 246 g/mol. The molecule has 0 aliphatic rings. The van der Waals surface area contributed by atoms with Crippen LogP contribution in [0.5, 0.6) is 0 Å². The van der Waals surface area contributed by atoms with Gasteiger partial charge in [-0.3, -0.25) is 4.79 Å². The van der Waals surface area contributed by atoms with Crippen LogP contribution in [0.1, 0.15) is 27.9 Å². The predicted octanol–water partition coefficient (Wildman–Crippen LogP) is 2.05. The van der Waals surface area contributed by atoms with Crippen molar-refractivity contribution in [1.29, 1.82) is 0 Å². The number of amides is 1. The molecule has 0 fully saturated rings. The number of carbonyl (C=O) groups is 1. The first-order chi connectivity index (χ1) is 8.45. The Morgan fingerprint density at radius 2 is 2.06 bits per heavy atom. The number of nitrogens with zero attached hydrogens (tertiary/aromatic N) is 2. The highest BCUT2D eigenvalue weighted by Gasteiger charge is 2.17. The standard InChI is InChI=1S/C13H23N3OS/c1-5-16(8-6-7-15(3)4)13(17)12-9-11(14)10(2)18-12/h9H,5-8,14H2,1-4H3. The van der Waals surface area contributed by atoms with E-state index in [0.29, 0.717) is 5.69 Å². The number of hydrogen-bond acceptors (Lipinski definition) is 4. The number of thiophene rings is 1. The van der Waals surface area contributed by atoms with E-state index in [9.17, 15) is 4.79 Å². The van der Waals surface area contributed by atoms with Crippen LogP contribution in [0.15, 0.2) is 6.07 Å². The van der Waals surface area contributed by atoms with Crippen molar-refractivity contribution in [3.05, 3.63) is 15.8 Å². The second-order valence-electron chi connectivity index (χ2n) is 4.66. The summed E-state index contributed by atoms with van der Waals surface area (Å²) in [6.07, 6.45) is 0.992. The molecule has 0 aromatic carbocycles. The first kappa shape index (κ1) is 15.0. The first-order valence-electron chi connectivity index (χ1n) is 6.25. The topological polar surface area (TPSA) is 49.6 Å². The minimum Gasteiger partial charge on any atom is -0.398 e. The summed E-state index contributed by atoms with van der Waals surface area (Å²) in [7, 11) is 4.09. The lowest BCUT2D eigenvalue weighted by molar-refractivity contribution is 0.0764. The van der Waals surface area contributed by atoms with Gasteiger partial charge < -0.3 is 15.5 Å². The van der Waals surface area contributed by atoms with Gasteiger partial charge in [-0.05, 0) is 47.0 Å². The van der Waals surface area contributed by atoms with Gasteiger partial charge in [-0.15, -0.1) is 11.3 Å². The van der Waals surface area contributed by atoms with Gasteiger partial charge in [0.15, 0.2) is 0 Å². The van der Waals surface area contributed by atoms with Crippen LogP contribution < -0.4 is 5.73 Å². The van der Waals surface area contributed by atoms with E-state index in [1.54, 1.807) is 6.07 Å². The molecule has 5 heteroatoms. The number of carbonyl (C=O) groups excluding carboxylic acids is 1. The molecule has 1 heterocycles. The third-order valence-corrected chi connectivity index (χ3v) is 3.92. The van der Waals surface area contributed by atoms with E-state index in [0.717, 1.165) is 35.8 Å². The molecule has 0 aliphatic carbocycles. The van der Waals surface area contributed by atoms with Crippen molar-refractivity contribution >= 4 is 22.9 Å². The maximum atomic E-state index is 12.3. The molecule has 0 bridgehead atoms. The molecule has 2 N–H and O–H groups in total. The van der Waals surface area contributed by atoms with Crippen LogP contribution >= 0.6 is 11.3 Å². The van der Waals surface area contributed by atoms with Crippen molar-refractivity contribution < 1.29 is 4.79 Å². The molecule has 0 spiro atoms. The van der Waals surface area contributed by atoms with Gasteiger partial charge >= 0.3 is 0 Å². The highest BCUT2D eigenvalue weighted by atomic mass is 32.1. The zero-order valence-corrected chi connectivity index (χ0v) is 12.5. The number of rotatable bonds is 6. The van der Waals surface area contributed by atoms with Crippen molar-refractivity contribution in [3.63, 3.8) is 0 Å². The van der Waals surface area contributed by atoms with Crippen LogP contribution in [0, 0.1) is 6.92 Å². The van der Waals surface area contributed by atoms with E-state index >= 15 is 0 Å². The fourth-order valence-electron chi connectivity index (χ4n) is 1.74. The number of aryl methyl sites for hydroxylation is 1. The molecule has 1 aromatic rings. The Kier molecular flexibility index (Phi) is 5.62. The molecule has 1 amide bonds. The molecule has 0 unspecified atom stereocenters. The lowest BCUT2D eigenvalue weighted by Crippen LogP contribution is -2.32. The van der Waals surface area contributed by atoms with Gasteiger partial charge in [0.1, 0.15) is 0 Å². The number of anilines is 1. The fourth-order valence-corrected chi connectivity index (χ4v) is 2.65. The maximum absolute atomic E-state index is 12.3. The fraction of sp³-hybridized carbons (Fsp3) is 0.615. The van der Waals surface area contributed by atoms with Crippen LogP contribution in [0.4, 0.5) is 5.69 Å². The van der Waals surface area contributed by atoms with Crippen molar-refractivity contribution in [2.24, 2.45) is 0 Å². The monoisotopic (exact) mass is 269 g/mol. The largest absolute Gasteiger partial charge is 0.398 e. The summed E-state index contributed by atoms with van der Waals surface area (Å²) in [6, 6.07) is 1.79. The molecule has 4 nitrogen and oxygen atoms in total. The Morgan fingerprint density at radius 3 is 2.50 bits per heavy atom. The quantitative estimate of drug-likeness (QED) is 0.860. The molecule has 0 aliphatic heterocycles. The summed E-state index contributed by atoms with van der Waals surface area (Å²) in [5.74, 6) is 0.0982. The predicted molar refractivity (Wildman–Crippen MR) is 78.2 cm³/mol. The van der Waals surface area contributed by atoms with Crippen molar-refractivity contribution in [3.8, 4) is 0 Å². The minimum atomic E-state index is 0.0982. The molecule has 18 heavy (non-hydrogen) atoms. The van der Waals surface area contributed by atoms with E-state index < -0.39 is 0 Å². The van der Waals surface area contributed by atoms with Gasteiger partial charge in [0.2, 0.25) is 0 Å². The molecule has 1 rings (SSSR count). The van der Waals surface area contributed by atoms with Crippen LogP contribution in [-0.4, -0.2) is 49.4 Å². The van der Waals surface area contributed by atoms with E-state index in [1.165, 1.54) is 11.3 Å². The Labute approximate surface area is 113 Å². The summed E-state index contributed by atoms with van der Waals surface area (Å²) in [6.45, 7) is 6.49. The zero-order chi connectivity index (χ0) is 13.7. The summed E-state index contributed by atoms with van der Waals surface area (Å²) in [5, 5.41) is 0. The minimum absolute atomic E-state index is 0.0982. The second kappa shape index (κ2) is 6.75. The molecule has 102 valence electrons. The maximum Gasteiger partial charge on any atom is 0.263 e. The highest BCUT2D eigenvalue weighted by Crippen LogP contribution is 2.24. The Bertz CT molecular complexity index is 381. The van der Waals surface area contributed by atoms with E-state index in [1.807, 2.05) is 32.8 Å². The molecule has 1 aromatic heterocycles. The summed E-state index contributed by atoms with van der Waals surface area (Å²) in [4.78, 5) is 18.1. The zero-order valence-electron chi connectivity index (χ0n) is 11.7. The molecule has 0 saturated heterocycles. The van der Waals surface area contributed by atoms with E-state index in [2.05, 4.69) is 4.90 Å². The van der Waals surface area contributed by atoms with Gasteiger partial charge in [-0.25, -0.2) is 0 Å². The number of nitrogens with two attached hydrogens (primary N) is 1. The summed E-state index contributed by atoms with van der Waals surface area (Å²) >= 11 is 1.48. The van der Waals surface area contributed by atoms with Gasteiger partial charge in [-0.1, -0.05) is 0 Å². The normalized spacial score (nSPS) is 10.9. The Morgan fingerprint density at radius 1 is 1.39 bits per heavy atom. The molecule has 0 radical (unpaired) electrons. The highest BCUT2D eigenvalue weighted by molar-refractivity contribution is 7.14.